The van der Waals surface area contributed by atoms with Gasteiger partial charge in [-0.1, -0.05) is 6.92 Å². The largest absolute Gasteiger partial charge is 0.301 e. The van der Waals surface area contributed by atoms with Gasteiger partial charge in [-0.2, -0.15) is 0 Å². The summed E-state index contributed by atoms with van der Waals surface area (Å²) < 4.78 is 0. The average molecular weight is 171 g/mol. The Morgan fingerprint density at radius 3 is 2.50 bits per heavy atom. The first kappa shape index (κ1) is 9.96. The molecule has 0 unspecified atom stereocenters. The Hall–Kier alpha value is -0.120. The van der Waals surface area contributed by atoms with Crippen LogP contribution in [0.25, 0.3) is 0 Å². The fourth-order valence-electron chi connectivity index (χ4n) is 1.54. The molecule has 0 aromatic carbocycles. The molecule has 1 N–H and O–H groups in total. The second kappa shape index (κ2) is 4.80. The summed E-state index contributed by atoms with van der Waals surface area (Å²) in [5.74, 6) is 0. The molecule has 0 radical (unpaired) electrons. The number of nitrogens with zero attached hydrogens (tertiary/aromatic N) is 2. The Bertz CT molecular complexity index is 125. The first-order chi connectivity index (χ1) is 5.74. The third-order valence-corrected chi connectivity index (χ3v) is 2.28. The van der Waals surface area contributed by atoms with Crippen LogP contribution in [0.1, 0.15) is 27.2 Å². The molecule has 0 aliphatic carbocycles. The molecule has 0 aromatic rings. The summed E-state index contributed by atoms with van der Waals surface area (Å²) >= 11 is 0. The molecule has 0 amide bonds. The highest BCUT2D eigenvalue weighted by atomic mass is 15.7. The van der Waals surface area contributed by atoms with Crippen molar-refractivity contribution in [3.05, 3.63) is 0 Å². The van der Waals surface area contributed by atoms with E-state index < -0.39 is 0 Å². The molecule has 0 aromatic heterocycles. The highest BCUT2D eigenvalue weighted by Gasteiger charge is 2.19. The van der Waals surface area contributed by atoms with Crippen LogP contribution in [0.4, 0.5) is 0 Å². The molecule has 0 spiro atoms. The molecule has 12 heavy (non-hydrogen) atoms. The summed E-state index contributed by atoms with van der Waals surface area (Å²) in [5.41, 5.74) is 0. The minimum atomic E-state index is 0.587. The van der Waals surface area contributed by atoms with Crippen molar-refractivity contribution < 1.29 is 0 Å². The number of nitrogens with one attached hydrogen (secondary N) is 1. The summed E-state index contributed by atoms with van der Waals surface area (Å²) in [7, 11) is 0. The van der Waals surface area contributed by atoms with Crippen LogP contribution in [0.2, 0.25) is 0 Å². The van der Waals surface area contributed by atoms with Crippen molar-refractivity contribution in [2.45, 2.75) is 33.2 Å². The van der Waals surface area contributed by atoms with Crippen molar-refractivity contribution in [2.24, 2.45) is 0 Å². The fraction of sp³-hybridized carbons (Fsp3) is 1.00. The Morgan fingerprint density at radius 1 is 1.25 bits per heavy atom. The normalized spacial score (nSPS) is 21.0. The third-order valence-electron chi connectivity index (χ3n) is 2.28. The number of rotatable bonds is 4. The predicted molar refractivity (Wildman–Crippen MR) is 51.7 cm³/mol. The smallest absolute Gasteiger partial charge is 0.0625 e. The van der Waals surface area contributed by atoms with Gasteiger partial charge in [-0.25, -0.2) is 10.0 Å². The number of hydrazine groups is 1. The second-order valence-corrected chi connectivity index (χ2v) is 3.65. The van der Waals surface area contributed by atoms with E-state index in [1.165, 1.54) is 19.5 Å². The van der Waals surface area contributed by atoms with Crippen LogP contribution in [-0.4, -0.2) is 42.4 Å². The van der Waals surface area contributed by atoms with Gasteiger partial charge in [0.05, 0.1) is 6.67 Å². The molecule has 1 rings (SSSR count). The molecule has 0 atom stereocenters. The van der Waals surface area contributed by atoms with E-state index in [4.69, 9.17) is 0 Å². The maximum absolute atomic E-state index is 3.44. The van der Waals surface area contributed by atoms with Crippen molar-refractivity contribution in [3.8, 4) is 0 Å². The number of hydrogen-bond acceptors (Lipinski definition) is 3. The highest BCUT2D eigenvalue weighted by molar-refractivity contribution is 4.65. The van der Waals surface area contributed by atoms with Crippen molar-refractivity contribution in [2.75, 3.05) is 26.3 Å². The van der Waals surface area contributed by atoms with Gasteiger partial charge in [0.2, 0.25) is 0 Å². The molecule has 0 saturated carbocycles. The van der Waals surface area contributed by atoms with Gasteiger partial charge in [0.15, 0.2) is 0 Å². The lowest BCUT2D eigenvalue weighted by molar-refractivity contribution is 0.0227. The van der Waals surface area contributed by atoms with Crippen LogP contribution in [0, 0.1) is 0 Å². The standard InChI is InChI=1S/C9H21N3/c1-4-11-6-5-7-12(11)8-10-9(2)3/h9-10H,4-8H2,1-3H3. The van der Waals surface area contributed by atoms with Gasteiger partial charge in [-0.3, -0.25) is 0 Å². The predicted octanol–water partition coefficient (Wildman–Crippen LogP) is 0.884. The summed E-state index contributed by atoms with van der Waals surface area (Å²) in [5, 5.41) is 8.25. The lowest BCUT2D eigenvalue weighted by Crippen LogP contribution is -2.44. The van der Waals surface area contributed by atoms with Crippen LogP contribution in [0.5, 0.6) is 0 Å². The average Bonchev–Trinajstić information content (AvgIpc) is 2.47. The van der Waals surface area contributed by atoms with E-state index in [1.807, 2.05) is 0 Å². The van der Waals surface area contributed by atoms with Crippen LogP contribution in [-0.2, 0) is 0 Å². The Kier molecular flexibility index (Phi) is 3.98. The van der Waals surface area contributed by atoms with E-state index in [9.17, 15) is 0 Å². The molecular formula is C9H21N3. The monoisotopic (exact) mass is 171 g/mol. The van der Waals surface area contributed by atoms with Crippen LogP contribution in [0.3, 0.4) is 0 Å². The first-order valence-corrected chi connectivity index (χ1v) is 4.97. The van der Waals surface area contributed by atoms with E-state index in [2.05, 4.69) is 36.1 Å². The summed E-state index contributed by atoms with van der Waals surface area (Å²) in [4.78, 5) is 0. The Balaban J connectivity index is 2.21. The molecule has 0 bridgehead atoms. The summed E-state index contributed by atoms with van der Waals surface area (Å²) in [6.45, 7) is 11.2. The van der Waals surface area contributed by atoms with Crippen molar-refractivity contribution in [1.82, 2.24) is 15.3 Å². The lowest BCUT2D eigenvalue weighted by atomic mass is 10.4. The zero-order valence-corrected chi connectivity index (χ0v) is 8.51. The van der Waals surface area contributed by atoms with Gasteiger partial charge in [0.25, 0.3) is 0 Å². The first-order valence-electron chi connectivity index (χ1n) is 4.97. The molecular weight excluding hydrogens is 150 g/mol. The molecule has 1 saturated heterocycles. The van der Waals surface area contributed by atoms with Gasteiger partial charge in [0, 0.05) is 25.7 Å². The lowest BCUT2D eigenvalue weighted by Gasteiger charge is -2.27. The van der Waals surface area contributed by atoms with E-state index in [-0.39, 0.29) is 0 Å². The van der Waals surface area contributed by atoms with Crippen LogP contribution < -0.4 is 5.32 Å². The fourth-order valence-corrected chi connectivity index (χ4v) is 1.54. The third kappa shape index (κ3) is 2.73. The summed E-state index contributed by atoms with van der Waals surface area (Å²) in [6, 6.07) is 0.587. The molecule has 1 aliphatic heterocycles. The van der Waals surface area contributed by atoms with Crippen molar-refractivity contribution in [3.63, 3.8) is 0 Å². The van der Waals surface area contributed by atoms with Crippen molar-refractivity contribution >= 4 is 0 Å². The van der Waals surface area contributed by atoms with Gasteiger partial charge < -0.3 is 5.32 Å². The highest BCUT2D eigenvalue weighted by Crippen LogP contribution is 2.07. The van der Waals surface area contributed by atoms with Crippen LogP contribution in [0.15, 0.2) is 0 Å². The van der Waals surface area contributed by atoms with E-state index in [1.54, 1.807) is 0 Å². The minimum Gasteiger partial charge on any atom is -0.301 e. The molecule has 1 aliphatic rings. The molecule has 3 heteroatoms. The van der Waals surface area contributed by atoms with Gasteiger partial charge in [-0.05, 0) is 20.3 Å². The van der Waals surface area contributed by atoms with Crippen molar-refractivity contribution in [1.29, 1.82) is 0 Å². The quantitative estimate of drug-likeness (QED) is 0.677. The zero-order valence-electron chi connectivity index (χ0n) is 8.51. The Labute approximate surface area is 75.7 Å². The van der Waals surface area contributed by atoms with Gasteiger partial charge in [0.1, 0.15) is 0 Å². The van der Waals surface area contributed by atoms with E-state index in [0.717, 1.165) is 13.2 Å². The molecule has 3 nitrogen and oxygen atoms in total. The molecule has 1 fully saturated rings. The minimum absolute atomic E-state index is 0.587. The molecule has 1 heterocycles. The Morgan fingerprint density at radius 2 is 1.92 bits per heavy atom. The zero-order chi connectivity index (χ0) is 8.97. The second-order valence-electron chi connectivity index (χ2n) is 3.65. The maximum atomic E-state index is 3.44. The van der Waals surface area contributed by atoms with Gasteiger partial charge in [-0.15, -0.1) is 0 Å². The van der Waals surface area contributed by atoms with Gasteiger partial charge >= 0.3 is 0 Å². The topological polar surface area (TPSA) is 18.5 Å². The van der Waals surface area contributed by atoms with E-state index >= 15 is 0 Å². The van der Waals surface area contributed by atoms with E-state index in [0.29, 0.717) is 6.04 Å². The number of hydrogen-bond donors (Lipinski definition) is 1. The SMILES string of the molecule is CCN1CCCN1CNC(C)C. The molecule has 72 valence electrons. The maximum Gasteiger partial charge on any atom is 0.0625 e. The van der Waals surface area contributed by atoms with Crippen LogP contribution >= 0.6 is 0 Å². The summed E-state index contributed by atoms with van der Waals surface area (Å²) in [6.07, 6.45) is 1.31.